The van der Waals surface area contributed by atoms with E-state index in [1.165, 1.54) is 0 Å². The topological polar surface area (TPSA) is 81.4 Å². The van der Waals surface area contributed by atoms with Crippen LogP contribution in [-0.2, 0) is 0 Å². The van der Waals surface area contributed by atoms with Gasteiger partial charge < -0.3 is 5.32 Å². The van der Waals surface area contributed by atoms with E-state index in [-0.39, 0.29) is 0 Å². The molecule has 0 atom stereocenters. The summed E-state index contributed by atoms with van der Waals surface area (Å²) in [7, 11) is 0. The summed E-state index contributed by atoms with van der Waals surface area (Å²) in [5.74, 6) is 1.88. The van der Waals surface area contributed by atoms with E-state index in [1.807, 2.05) is 12.1 Å². The second-order valence-electron chi connectivity index (χ2n) is 3.44. The lowest BCUT2D eigenvalue weighted by Gasteiger charge is -2.03. The molecule has 0 radical (unpaired) electrons. The Balaban J connectivity index is 1.80. The molecule has 0 spiro atoms. The molecule has 0 unspecified atom stereocenters. The van der Waals surface area contributed by atoms with Crippen LogP contribution in [0.5, 0.6) is 0 Å². The van der Waals surface area contributed by atoms with Crippen molar-refractivity contribution in [3.63, 3.8) is 0 Å². The Hall–Kier alpha value is -2.83. The van der Waals surface area contributed by atoms with Crippen LogP contribution >= 0.6 is 0 Å². The number of rotatable bonds is 3. The zero-order valence-corrected chi connectivity index (χ0v) is 9.30. The SMILES string of the molecule is c1cnn(-c2ccc(Nc3cnccn3)nn2)c1. The zero-order chi connectivity index (χ0) is 12.2. The predicted octanol–water partition coefficient (Wildman–Crippen LogP) is 1.20. The first-order chi connectivity index (χ1) is 8.92. The number of hydrogen-bond donors (Lipinski definition) is 1. The molecule has 3 aromatic rings. The first-order valence-electron chi connectivity index (χ1n) is 5.28. The second kappa shape index (κ2) is 4.58. The molecule has 0 aliphatic carbocycles. The van der Waals surface area contributed by atoms with Crippen molar-refractivity contribution in [2.75, 3.05) is 5.32 Å². The van der Waals surface area contributed by atoms with E-state index in [4.69, 9.17) is 0 Å². The molecule has 0 saturated carbocycles. The van der Waals surface area contributed by atoms with E-state index in [0.29, 0.717) is 17.5 Å². The number of hydrogen-bond acceptors (Lipinski definition) is 6. The third-order valence-electron chi connectivity index (χ3n) is 2.21. The molecular weight excluding hydrogens is 230 g/mol. The summed E-state index contributed by atoms with van der Waals surface area (Å²) in [5, 5.41) is 15.2. The summed E-state index contributed by atoms with van der Waals surface area (Å²) >= 11 is 0. The lowest BCUT2D eigenvalue weighted by molar-refractivity contribution is 0.816. The van der Waals surface area contributed by atoms with Gasteiger partial charge in [-0.25, -0.2) is 9.67 Å². The molecule has 0 bridgehead atoms. The van der Waals surface area contributed by atoms with E-state index >= 15 is 0 Å². The first kappa shape index (κ1) is 10.3. The average Bonchev–Trinajstić information content (AvgIpc) is 2.95. The van der Waals surface area contributed by atoms with Crippen LogP contribution in [0.2, 0.25) is 0 Å². The maximum atomic E-state index is 4.09. The third kappa shape index (κ3) is 2.14. The van der Waals surface area contributed by atoms with E-state index in [2.05, 4.69) is 30.6 Å². The standard InChI is InChI=1S/C11H9N7/c1-4-14-18(7-1)11-3-2-9(16-17-11)15-10-8-12-5-6-13-10/h1-8H,(H,13,15,16). The van der Waals surface area contributed by atoms with E-state index in [1.54, 1.807) is 41.7 Å². The van der Waals surface area contributed by atoms with Gasteiger partial charge in [0.25, 0.3) is 0 Å². The molecule has 0 aliphatic heterocycles. The third-order valence-corrected chi connectivity index (χ3v) is 2.21. The van der Waals surface area contributed by atoms with Crippen LogP contribution in [0.3, 0.4) is 0 Å². The Kier molecular flexibility index (Phi) is 2.63. The Morgan fingerprint density at radius 3 is 2.67 bits per heavy atom. The van der Waals surface area contributed by atoms with Gasteiger partial charge in [0.2, 0.25) is 0 Å². The molecule has 0 saturated heterocycles. The quantitative estimate of drug-likeness (QED) is 0.739. The highest BCUT2D eigenvalue weighted by atomic mass is 15.3. The van der Waals surface area contributed by atoms with Crippen molar-refractivity contribution in [1.82, 2.24) is 29.9 Å². The highest BCUT2D eigenvalue weighted by Crippen LogP contribution is 2.10. The van der Waals surface area contributed by atoms with E-state index in [9.17, 15) is 0 Å². The molecule has 7 heteroatoms. The zero-order valence-electron chi connectivity index (χ0n) is 9.30. The molecule has 0 aromatic carbocycles. The summed E-state index contributed by atoms with van der Waals surface area (Å²) in [5.41, 5.74) is 0. The molecule has 0 aliphatic rings. The van der Waals surface area contributed by atoms with Crippen molar-refractivity contribution in [2.45, 2.75) is 0 Å². The highest BCUT2D eigenvalue weighted by molar-refractivity contribution is 5.49. The van der Waals surface area contributed by atoms with Crippen molar-refractivity contribution in [2.24, 2.45) is 0 Å². The van der Waals surface area contributed by atoms with Crippen LogP contribution in [0.1, 0.15) is 0 Å². The number of nitrogens with zero attached hydrogens (tertiary/aromatic N) is 6. The predicted molar refractivity (Wildman–Crippen MR) is 64.5 cm³/mol. The number of anilines is 2. The number of nitrogens with one attached hydrogen (secondary N) is 1. The summed E-state index contributed by atoms with van der Waals surface area (Å²) in [4.78, 5) is 8.04. The van der Waals surface area contributed by atoms with E-state index < -0.39 is 0 Å². The molecule has 0 fully saturated rings. The van der Waals surface area contributed by atoms with Crippen LogP contribution in [0.25, 0.3) is 5.82 Å². The van der Waals surface area contributed by atoms with Crippen LogP contribution in [0.4, 0.5) is 11.6 Å². The lowest BCUT2D eigenvalue weighted by atomic mass is 10.5. The van der Waals surface area contributed by atoms with Gasteiger partial charge in [-0.1, -0.05) is 0 Å². The minimum absolute atomic E-state index is 0.603. The fourth-order valence-electron chi connectivity index (χ4n) is 1.41. The Morgan fingerprint density at radius 2 is 2.00 bits per heavy atom. The molecule has 88 valence electrons. The molecule has 1 N–H and O–H groups in total. The average molecular weight is 239 g/mol. The molecule has 7 nitrogen and oxygen atoms in total. The van der Waals surface area contributed by atoms with Crippen molar-refractivity contribution >= 4 is 11.6 Å². The summed E-state index contributed by atoms with van der Waals surface area (Å²) in [6.07, 6.45) is 8.32. The van der Waals surface area contributed by atoms with Crippen molar-refractivity contribution in [1.29, 1.82) is 0 Å². The van der Waals surface area contributed by atoms with Gasteiger partial charge in [-0.3, -0.25) is 4.98 Å². The maximum absolute atomic E-state index is 4.09. The van der Waals surface area contributed by atoms with Gasteiger partial charge in [0.1, 0.15) is 5.82 Å². The number of aromatic nitrogens is 6. The van der Waals surface area contributed by atoms with Crippen LogP contribution < -0.4 is 5.32 Å². The molecule has 3 rings (SSSR count). The van der Waals surface area contributed by atoms with Gasteiger partial charge in [-0.2, -0.15) is 5.10 Å². The van der Waals surface area contributed by atoms with Gasteiger partial charge in [-0.05, 0) is 18.2 Å². The normalized spacial score (nSPS) is 10.2. The Labute approximate surface area is 103 Å². The van der Waals surface area contributed by atoms with Crippen LogP contribution in [0, 0.1) is 0 Å². The smallest absolute Gasteiger partial charge is 0.175 e. The van der Waals surface area contributed by atoms with E-state index in [0.717, 1.165) is 0 Å². The van der Waals surface area contributed by atoms with Gasteiger partial charge in [0, 0.05) is 24.8 Å². The minimum Gasteiger partial charge on any atom is -0.322 e. The maximum Gasteiger partial charge on any atom is 0.175 e. The molecule has 0 amide bonds. The van der Waals surface area contributed by atoms with Gasteiger partial charge in [0.15, 0.2) is 11.6 Å². The van der Waals surface area contributed by atoms with Gasteiger partial charge >= 0.3 is 0 Å². The van der Waals surface area contributed by atoms with Gasteiger partial charge in [0.05, 0.1) is 6.20 Å². The monoisotopic (exact) mass is 239 g/mol. The Morgan fingerprint density at radius 1 is 1.00 bits per heavy atom. The van der Waals surface area contributed by atoms with Crippen LogP contribution in [0.15, 0.2) is 49.2 Å². The lowest BCUT2D eigenvalue weighted by Crippen LogP contribution is -2.02. The molecular formula is C11H9N7. The van der Waals surface area contributed by atoms with Crippen molar-refractivity contribution < 1.29 is 0 Å². The highest BCUT2D eigenvalue weighted by Gasteiger charge is 2.00. The second-order valence-corrected chi connectivity index (χ2v) is 3.44. The molecule has 3 heterocycles. The summed E-state index contributed by atoms with van der Waals surface area (Å²) in [6.45, 7) is 0. The first-order valence-corrected chi connectivity index (χ1v) is 5.28. The molecule has 3 aromatic heterocycles. The summed E-state index contributed by atoms with van der Waals surface area (Å²) < 4.78 is 1.64. The minimum atomic E-state index is 0.603. The fourth-order valence-corrected chi connectivity index (χ4v) is 1.41. The summed E-state index contributed by atoms with van der Waals surface area (Å²) in [6, 6.07) is 5.45. The van der Waals surface area contributed by atoms with Crippen molar-refractivity contribution in [3.8, 4) is 5.82 Å². The fraction of sp³-hybridized carbons (Fsp3) is 0. The largest absolute Gasteiger partial charge is 0.322 e. The van der Waals surface area contributed by atoms with Crippen LogP contribution in [-0.4, -0.2) is 29.9 Å². The molecule has 18 heavy (non-hydrogen) atoms. The van der Waals surface area contributed by atoms with Crippen molar-refractivity contribution in [3.05, 3.63) is 49.2 Å². The van der Waals surface area contributed by atoms with Gasteiger partial charge in [-0.15, -0.1) is 10.2 Å². The Bertz CT molecular complexity index is 604.